The van der Waals surface area contributed by atoms with Gasteiger partial charge < -0.3 is 20.8 Å². The third kappa shape index (κ3) is 2.62. The van der Waals surface area contributed by atoms with Gasteiger partial charge in [0.05, 0.1) is 24.5 Å². The lowest BCUT2D eigenvalue weighted by Gasteiger charge is -2.25. The van der Waals surface area contributed by atoms with Crippen LogP contribution in [0.25, 0.3) is 11.3 Å². The number of nitrogen functional groups attached to an aromatic ring is 1. The number of phenolic OH excluding ortho intramolecular Hbond substituents is 1. The van der Waals surface area contributed by atoms with Gasteiger partial charge in [0.2, 0.25) is 0 Å². The molecule has 21 heavy (non-hydrogen) atoms. The van der Waals surface area contributed by atoms with E-state index in [2.05, 4.69) is 9.97 Å². The Morgan fingerprint density at radius 2 is 2.05 bits per heavy atom. The molecular formula is C15H18N4O2. The van der Waals surface area contributed by atoms with Crippen molar-refractivity contribution in [1.82, 2.24) is 9.97 Å². The molecule has 1 aliphatic heterocycles. The highest BCUT2D eigenvalue weighted by Gasteiger charge is 2.27. The zero-order valence-corrected chi connectivity index (χ0v) is 11.6. The normalized spacial score (nSPS) is 18.1. The monoisotopic (exact) mass is 286 g/mol. The van der Waals surface area contributed by atoms with Gasteiger partial charge in [0, 0.05) is 12.1 Å². The van der Waals surface area contributed by atoms with E-state index in [9.17, 15) is 10.2 Å². The largest absolute Gasteiger partial charge is 0.508 e. The van der Waals surface area contributed by atoms with Crippen LogP contribution in [-0.2, 0) is 0 Å². The average Bonchev–Trinajstić information content (AvgIpc) is 2.97. The maximum absolute atomic E-state index is 9.45. The van der Waals surface area contributed by atoms with E-state index < -0.39 is 0 Å². The lowest BCUT2D eigenvalue weighted by molar-refractivity contribution is 0.266. The molecule has 1 atom stereocenters. The molecule has 1 fully saturated rings. The fourth-order valence-electron chi connectivity index (χ4n) is 2.68. The summed E-state index contributed by atoms with van der Waals surface area (Å²) in [6.45, 7) is 0.910. The molecule has 0 radical (unpaired) electrons. The van der Waals surface area contributed by atoms with Crippen molar-refractivity contribution in [3.05, 3.63) is 30.5 Å². The first-order valence-corrected chi connectivity index (χ1v) is 6.98. The minimum Gasteiger partial charge on any atom is -0.508 e. The number of rotatable bonds is 3. The van der Waals surface area contributed by atoms with Crippen molar-refractivity contribution >= 4 is 11.6 Å². The van der Waals surface area contributed by atoms with Crippen LogP contribution in [0.15, 0.2) is 30.5 Å². The predicted octanol–water partition coefficient (Wildman–Crippen LogP) is 1.39. The molecule has 6 nitrogen and oxygen atoms in total. The van der Waals surface area contributed by atoms with Gasteiger partial charge in [-0.2, -0.15) is 0 Å². The summed E-state index contributed by atoms with van der Waals surface area (Å²) < 4.78 is 0. The minimum absolute atomic E-state index is 0.0525. The Bertz CT molecular complexity index is 630. The maximum Gasteiger partial charge on any atom is 0.172 e. The molecule has 6 heteroatoms. The highest BCUT2D eigenvalue weighted by atomic mass is 16.3. The fourth-order valence-corrected chi connectivity index (χ4v) is 2.68. The van der Waals surface area contributed by atoms with Crippen molar-refractivity contribution < 1.29 is 10.2 Å². The molecule has 1 saturated heterocycles. The molecular weight excluding hydrogens is 268 g/mol. The molecule has 0 unspecified atom stereocenters. The van der Waals surface area contributed by atoms with Gasteiger partial charge in [-0.25, -0.2) is 9.97 Å². The molecule has 0 aliphatic carbocycles. The number of nitrogens with zero attached hydrogens (tertiary/aromatic N) is 3. The summed E-state index contributed by atoms with van der Waals surface area (Å²) in [5, 5.41) is 18.8. The molecule has 1 aromatic carbocycles. The van der Waals surface area contributed by atoms with Gasteiger partial charge in [-0.1, -0.05) is 0 Å². The number of phenols is 1. The van der Waals surface area contributed by atoms with E-state index in [0.717, 1.165) is 24.9 Å². The number of aromatic nitrogens is 2. The Kier molecular flexibility index (Phi) is 3.62. The second-order valence-electron chi connectivity index (χ2n) is 5.18. The van der Waals surface area contributed by atoms with Crippen molar-refractivity contribution in [2.45, 2.75) is 18.9 Å². The number of nitrogens with two attached hydrogens (primary N) is 1. The van der Waals surface area contributed by atoms with Crippen LogP contribution in [0, 0.1) is 0 Å². The van der Waals surface area contributed by atoms with Crippen LogP contribution in [0.4, 0.5) is 11.6 Å². The number of aliphatic hydroxyl groups excluding tert-OH is 1. The smallest absolute Gasteiger partial charge is 0.172 e. The quantitative estimate of drug-likeness (QED) is 0.789. The Labute approximate surface area is 122 Å². The van der Waals surface area contributed by atoms with Gasteiger partial charge in [0.25, 0.3) is 0 Å². The van der Waals surface area contributed by atoms with Gasteiger partial charge in [-0.05, 0) is 37.1 Å². The zero-order chi connectivity index (χ0) is 14.8. The van der Waals surface area contributed by atoms with E-state index in [1.165, 1.54) is 0 Å². The maximum atomic E-state index is 9.45. The molecule has 0 saturated carbocycles. The summed E-state index contributed by atoms with van der Waals surface area (Å²) in [5.41, 5.74) is 7.51. The molecule has 0 amide bonds. The summed E-state index contributed by atoms with van der Waals surface area (Å²) in [6, 6.07) is 6.84. The van der Waals surface area contributed by atoms with Crippen LogP contribution in [0.1, 0.15) is 12.8 Å². The first-order chi connectivity index (χ1) is 10.2. The number of hydrogen-bond donors (Lipinski definition) is 3. The van der Waals surface area contributed by atoms with Crippen LogP contribution >= 0.6 is 0 Å². The van der Waals surface area contributed by atoms with Crippen molar-refractivity contribution in [2.24, 2.45) is 0 Å². The number of aromatic hydroxyl groups is 1. The number of anilines is 2. The molecule has 1 aliphatic rings. The van der Waals surface area contributed by atoms with Crippen molar-refractivity contribution in [3.8, 4) is 17.0 Å². The Balaban J connectivity index is 1.98. The molecule has 4 N–H and O–H groups in total. The second kappa shape index (κ2) is 5.57. The highest BCUT2D eigenvalue weighted by Crippen LogP contribution is 2.30. The van der Waals surface area contributed by atoms with Crippen molar-refractivity contribution in [1.29, 1.82) is 0 Å². The SMILES string of the molecule is Nc1ncc(-c2ccc(O)cc2)nc1N1CCC[C@@H]1CO. The summed E-state index contributed by atoms with van der Waals surface area (Å²) in [4.78, 5) is 10.8. The lowest BCUT2D eigenvalue weighted by Crippen LogP contribution is -2.33. The standard InChI is InChI=1S/C15H18N4O2/c16-14-15(19-7-1-2-11(19)9-20)18-13(8-17-14)10-3-5-12(21)6-4-10/h3-6,8,11,20-21H,1-2,7,9H2,(H2,16,17)/t11-/m1/s1. The zero-order valence-electron chi connectivity index (χ0n) is 11.6. The van der Waals surface area contributed by atoms with E-state index in [-0.39, 0.29) is 18.4 Å². The molecule has 0 bridgehead atoms. The third-order valence-electron chi connectivity index (χ3n) is 3.80. The lowest BCUT2D eigenvalue weighted by atomic mass is 10.1. The van der Waals surface area contributed by atoms with Crippen LogP contribution in [0.3, 0.4) is 0 Å². The summed E-state index contributed by atoms with van der Waals surface area (Å²) in [5.74, 6) is 1.21. The minimum atomic E-state index is 0.0525. The molecule has 3 rings (SSSR count). The number of aliphatic hydroxyl groups is 1. The summed E-state index contributed by atoms with van der Waals surface area (Å²) >= 11 is 0. The predicted molar refractivity (Wildman–Crippen MR) is 81.0 cm³/mol. The second-order valence-corrected chi connectivity index (χ2v) is 5.18. The average molecular weight is 286 g/mol. The Hall–Kier alpha value is -2.34. The van der Waals surface area contributed by atoms with Gasteiger partial charge in [-0.3, -0.25) is 0 Å². The summed E-state index contributed by atoms with van der Waals surface area (Å²) in [7, 11) is 0. The fraction of sp³-hybridized carbons (Fsp3) is 0.333. The van der Waals surface area contributed by atoms with Gasteiger partial charge in [0.1, 0.15) is 5.75 Å². The van der Waals surface area contributed by atoms with E-state index in [1.807, 2.05) is 4.90 Å². The highest BCUT2D eigenvalue weighted by molar-refractivity contribution is 5.67. The topological polar surface area (TPSA) is 95.5 Å². The van der Waals surface area contributed by atoms with E-state index >= 15 is 0 Å². The molecule has 2 aromatic rings. The van der Waals surface area contributed by atoms with E-state index in [4.69, 9.17) is 5.73 Å². The van der Waals surface area contributed by atoms with Gasteiger partial charge in [0.15, 0.2) is 11.6 Å². The molecule has 1 aromatic heterocycles. The number of benzene rings is 1. The first-order valence-electron chi connectivity index (χ1n) is 6.98. The Morgan fingerprint density at radius 3 is 2.76 bits per heavy atom. The van der Waals surface area contributed by atoms with Gasteiger partial charge in [-0.15, -0.1) is 0 Å². The van der Waals surface area contributed by atoms with E-state index in [0.29, 0.717) is 17.3 Å². The van der Waals surface area contributed by atoms with E-state index in [1.54, 1.807) is 30.5 Å². The van der Waals surface area contributed by atoms with Crippen LogP contribution in [0.2, 0.25) is 0 Å². The van der Waals surface area contributed by atoms with Gasteiger partial charge >= 0.3 is 0 Å². The van der Waals surface area contributed by atoms with Crippen molar-refractivity contribution in [3.63, 3.8) is 0 Å². The van der Waals surface area contributed by atoms with Crippen LogP contribution in [-0.4, -0.2) is 39.4 Å². The summed E-state index contributed by atoms with van der Waals surface area (Å²) in [6.07, 6.45) is 3.56. The number of hydrogen-bond acceptors (Lipinski definition) is 6. The van der Waals surface area contributed by atoms with Crippen LogP contribution in [0.5, 0.6) is 5.75 Å². The molecule has 0 spiro atoms. The third-order valence-corrected chi connectivity index (χ3v) is 3.80. The molecule has 110 valence electrons. The Morgan fingerprint density at radius 1 is 1.29 bits per heavy atom. The first kappa shape index (κ1) is 13.6. The van der Waals surface area contributed by atoms with Crippen LogP contribution < -0.4 is 10.6 Å². The van der Waals surface area contributed by atoms with Crippen molar-refractivity contribution in [2.75, 3.05) is 23.8 Å². The molecule has 2 heterocycles.